The minimum absolute atomic E-state index is 0.000202. The molecule has 1 atom stereocenters. The van der Waals surface area contributed by atoms with Crippen molar-refractivity contribution in [3.63, 3.8) is 0 Å². The largest absolute Gasteiger partial charge is 0.485 e. The minimum atomic E-state index is -0.925. The van der Waals surface area contributed by atoms with Gasteiger partial charge in [0.25, 0.3) is 11.8 Å². The number of ether oxygens (including phenoxy) is 3. The van der Waals surface area contributed by atoms with Gasteiger partial charge in [-0.2, -0.15) is 0 Å². The van der Waals surface area contributed by atoms with E-state index < -0.39 is 30.5 Å². The van der Waals surface area contributed by atoms with Crippen molar-refractivity contribution in [3.05, 3.63) is 48.0 Å². The molecular weight excluding hydrogens is 356 g/mol. The third-order valence-electron chi connectivity index (χ3n) is 3.45. The molecule has 27 heavy (non-hydrogen) atoms. The number of nitrogens with zero attached hydrogens (tertiary/aromatic N) is 2. The minimum Gasteiger partial charge on any atom is -0.485 e. The summed E-state index contributed by atoms with van der Waals surface area (Å²) < 4.78 is 15.7. The molecule has 10 heteroatoms. The Hall–Kier alpha value is -3.69. The molecule has 2 aromatic rings. The van der Waals surface area contributed by atoms with E-state index in [0.29, 0.717) is 17.2 Å². The van der Waals surface area contributed by atoms with E-state index in [4.69, 9.17) is 14.2 Å². The molecule has 1 aromatic heterocycles. The van der Waals surface area contributed by atoms with Gasteiger partial charge in [0.1, 0.15) is 6.61 Å². The van der Waals surface area contributed by atoms with E-state index in [1.54, 1.807) is 31.2 Å². The van der Waals surface area contributed by atoms with Crippen LogP contribution in [0.25, 0.3) is 0 Å². The molecule has 2 amide bonds. The zero-order valence-electron chi connectivity index (χ0n) is 14.3. The normalized spacial score (nSPS) is 14.8. The van der Waals surface area contributed by atoms with Gasteiger partial charge in [0, 0.05) is 6.20 Å². The molecule has 2 N–H and O–H groups in total. The fourth-order valence-corrected chi connectivity index (χ4v) is 2.10. The first kappa shape index (κ1) is 18.1. The van der Waals surface area contributed by atoms with Crippen molar-refractivity contribution in [3.8, 4) is 11.5 Å². The molecule has 0 aliphatic carbocycles. The number of rotatable bonds is 4. The lowest BCUT2D eigenvalue weighted by molar-refractivity contribution is -0.135. The Bertz CT molecular complexity index is 855. The standard InChI is InChI=1S/C17H16N4O6/c1-10-6-19-11(7-18-10)17(24)26-9-15(22)20-21-16(23)14-8-25-12-4-2-3-5-13(12)27-14/h2-7,14H,8-9H2,1H3,(H,20,22)(H,21,23)/t14-/m1/s1. The summed E-state index contributed by atoms with van der Waals surface area (Å²) in [6.07, 6.45) is 1.72. The Kier molecular flexibility index (Phi) is 5.45. The number of carbonyl (C=O) groups excluding carboxylic acids is 3. The maximum Gasteiger partial charge on any atom is 0.359 e. The number of aromatic nitrogens is 2. The number of hydrogen-bond acceptors (Lipinski definition) is 8. The molecule has 0 spiro atoms. The van der Waals surface area contributed by atoms with Gasteiger partial charge < -0.3 is 14.2 Å². The smallest absolute Gasteiger partial charge is 0.359 e. The van der Waals surface area contributed by atoms with E-state index in [-0.39, 0.29) is 12.3 Å². The topological polar surface area (TPSA) is 129 Å². The molecule has 10 nitrogen and oxygen atoms in total. The first-order chi connectivity index (χ1) is 13.0. The maximum absolute atomic E-state index is 12.0. The van der Waals surface area contributed by atoms with Gasteiger partial charge in [-0.05, 0) is 19.1 Å². The molecule has 0 unspecified atom stereocenters. The highest BCUT2D eigenvalue weighted by Crippen LogP contribution is 2.30. The van der Waals surface area contributed by atoms with E-state index in [1.807, 2.05) is 0 Å². The number of amides is 2. The highest BCUT2D eigenvalue weighted by Gasteiger charge is 2.27. The second-order valence-electron chi connectivity index (χ2n) is 5.52. The lowest BCUT2D eigenvalue weighted by Crippen LogP contribution is -2.51. The SMILES string of the molecule is Cc1cnc(C(=O)OCC(=O)NNC(=O)[C@H]2COc3ccccc3O2)cn1. The summed E-state index contributed by atoms with van der Waals surface area (Å²) in [5.74, 6) is -1.16. The molecular formula is C17H16N4O6. The van der Waals surface area contributed by atoms with Crippen LogP contribution in [0.4, 0.5) is 0 Å². The van der Waals surface area contributed by atoms with Crippen LogP contribution < -0.4 is 20.3 Å². The van der Waals surface area contributed by atoms with Gasteiger partial charge in [-0.15, -0.1) is 0 Å². The van der Waals surface area contributed by atoms with Crippen molar-refractivity contribution in [1.29, 1.82) is 0 Å². The molecule has 1 aliphatic rings. The molecule has 140 valence electrons. The van der Waals surface area contributed by atoms with Crippen molar-refractivity contribution in [2.75, 3.05) is 13.2 Å². The Morgan fingerprint density at radius 3 is 2.67 bits per heavy atom. The summed E-state index contributed by atoms with van der Waals surface area (Å²) in [7, 11) is 0. The van der Waals surface area contributed by atoms with Gasteiger partial charge >= 0.3 is 5.97 Å². The average Bonchev–Trinajstić information content (AvgIpc) is 2.70. The molecule has 1 aromatic carbocycles. The van der Waals surface area contributed by atoms with Crippen LogP contribution in [0, 0.1) is 6.92 Å². The van der Waals surface area contributed by atoms with Crippen LogP contribution in [-0.2, 0) is 14.3 Å². The summed E-state index contributed by atoms with van der Waals surface area (Å²) in [5.41, 5.74) is 4.94. The summed E-state index contributed by atoms with van der Waals surface area (Å²) in [6, 6.07) is 6.92. The number of nitrogens with one attached hydrogen (secondary N) is 2. The molecule has 0 fully saturated rings. The summed E-state index contributed by atoms with van der Waals surface area (Å²) in [4.78, 5) is 43.2. The van der Waals surface area contributed by atoms with Gasteiger partial charge in [-0.1, -0.05) is 12.1 Å². The first-order valence-electron chi connectivity index (χ1n) is 7.96. The van der Waals surface area contributed by atoms with Gasteiger partial charge in [0.05, 0.1) is 11.9 Å². The molecule has 1 aliphatic heterocycles. The van der Waals surface area contributed by atoms with Crippen LogP contribution in [0.3, 0.4) is 0 Å². The van der Waals surface area contributed by atoms with E-state index in [0.717, 1.165) is 0 Å². The summed E-state index contributed by atoms with van der Waals surface area (Å²) in [6.45, 7) is 1.12. The van der Waals surface area contributed by atoms with Crippen LogP contribution >= 0.6 is 0 Å². The van der Waals surface area contributed by atoms with E-state index in [1.165, 1.54) is 12.4 Å². The number of aryl methyl sites for hydroxylation is 1. The second kappa shape index (κ2) is 8.13. The van der Waals surface area contributed by atoms with E-state index in [9.17, 15) is 14.4 Å². The van der Waals surface area contributed by atoms with E-state index in [2.05, 4.69) is 20.8 Å². The van der Waals surface area contributed by atoms with Crippen LogP contribution in [0.1, 0.15) is 16.2 Å². The molecule has 3 rings (SSSR count). The Morgan fingerprint density at radius 1 is 1.15 bits per heavy atom. The quantitative estimate of drug-likeness (QED) is 0.564. The number of carbonyl (C=O) groups is 3. The summed E-state index contributed by atoms with van der Waals surface area (Å²) in [5, 5.41) is 0. The third kappa shape index (κ3) is 4.69. The van der Waals surface area contributed by atoms with Crippen LogP contribution in [0.2, 0.25) is 0 Å². The maximum atomic E-state index is 12.0. The average molecular weight is 372 g/mol. The lowest BCUT2D eigenvalue weighted by atomic mass is 10.2. The van der Waals surface area contributed by atoms with Crippen molar-refractivity contribution >= 4 is 17.8 Å². The highest BCUT2D eigenvalue weighted by atomic mass is 16.6. The molecule has 0 bridgehead atoms. The second-order valence-corrected chi connectivity index (χ2v) is 5.52. The molecule has 0 saturated carbocycles. The fourth-order valence-electron chi connectivity index (χ4n) is 2.10. The van der Waals surface area contributed by atoms with Gasteiger partial charge in [-0.3, -0.25) is 25.4 Å². The fraction of sp³-hybridized carbons (Fsp3) is 0.235. The number of fused-ring (bicyclic) bond motifs is 1. The highest BCUT2D eigenvalue weighted by molar-refractivity contribution is 5.90. The molecule has 2 heterocycles. The number of benzene rings is 1. The number of esters is 1. The summed E-state index contributed by atoms with van der Waals surface area (Å²) >= 11 is 0. The van der Waals surface area contributed by atoms with Crippen LogP contribution in [0.5, 0.6) is 11.5 Å². The monoisotopic (exact) mass is 372 g/mol. The number of para-hydroxylation sites is 2. The van der Waals surface area contributed by atoms with Crippen molar-refractivity contribution in [2.24, 2.45) is 0 Å². The zero-order valence-corrected chi connectivity index (χ0v) is 14.3. The number of hydrogen-bond donors (Lipinski definition) is 2. The van der Waals surface area contributed by atoms with Gasteiger partial charge in [0.2, 0.25) is 6.10 Å². The first-order valence-corrected chi connectivity index (χ1v) is 7.96. The zero-order chi connectivity index (χ0) is 19.2. The van der Waals surface area contributed by atoms with Crippen molar-refractivity contribution in [2.45, 2.75) is 13.0 Å². The lowest BCUT2D eigenvalue weighted by Gasteiger charge is -2.25. The van der Waals surface area contributed by atoms with Gasteiger partial charge in [-0.25, -0.2) is 9.78 Å². The Morgan fingerprint density at radius 2 is 1.93 bits per heavy atom. The Labute approximate surface area is 153 Å². The number of hydrazine groups is 1. The molecule has 0 radical (unpaired) electrons. The Balaban J connectivity index is 1.42. The molecule has 0 saturated heterocycles. The van der Waals surface area contributed by atoms with Crippen LogP contribution in [0.15, 0.2) is 36.7 Å². The van der Waals surface area contributed by atoms with E-state index >= 15 is 0 Å². The third-order valence-corrected chi connectivity index (χ3v) is 3.45. The predicted octanol–water partition coefficient (Wildman–Crippen LogP) is -0.0708. The van der Waals surface area contributed by atoms with Gasteiger partial charge in [0.15, 0.2) is 23.8 Å². The van der Waals surface area contributed by atoms with Crippen molar-refractivity contribution < 1.29 is 28.6 Å². The predicted molar refractivity (Wildman–Crippen MR) is 89.7 cm³/mol. The van der Waals surface area contributed by atoms with Crippen molar-refractivity contribution in [1.82, 2.24) is 20.8 Å². The van der Waals surface area contributed by atoms with Crippen LogP contribution in [-0.4, -0.2) is 47.1 Å².